The van der Waals surface area contributed by atoms with Gasteiger partial charge in [-0.1, -0.05) is 17.7 Å². The molecule has 2 amide bonds. The van der Waals surface area contributed by atoms with Gasteiger partial charge in [0.2, 0.25) is 18.3 Å². The molecule has 0 bridgehead atoms. The summed E-state index contributed by atoms with van der Waals surface area (Å²) in [5.74, 6) is 0.196. The summed E-state index contributed by atoms with van der Waals surface area (Å²) in [6.07, 6.45) is 1.81. The lowest BCUT2D eigenvalue weighted by Gasteiger charge is -2.32. The Kier molecular flexibility index (Phi) is 5.18. The molecule has 0 fully saturated rings. The number of carbonyl (C=O) groups excluding carboxylic acids is 2. The number of fused-ring (bicyclic) bond motifs is 1. The second kappa shape index (κ2) is 7.93. The largest absolute Gasteiger partial charge is 0.497 e. The highest BCUT2D eigenvalue weighted by molar-refractivity contribution is 6.30. The molecule has 1 unspecified atom stereocenters. The highest BCUT2D eigenvalue weighted by atomic mass is 35.5. The number of rotatable bonds is 4. The predicted octanol–water partition coefficient (Wildman–Crippen LogP) is 3.36. The summed E-state index contributed by atoms with van der Waals surface area (Å²) >= 11 is 5.93. The van der Waals surface area contributed by atoms with E-state index in [9.17, 15) is 9.59 Å². The number of amides is 2. The monoisotopic (exact) mass is 408 g/mol. The van der Waals surface area contributed by atoms with Gasteiger partial charge in [-0.2, -0.15) is 4.57 Å². The van der Waals surface area contributed by atoms with Gasteiger partial charge in [0.1, 0.15) is 5.75 Å². The molecule has 0 saturated carbocycles. The van der Waals surface area contributed by atoms with Crippen molar-refractivity contribution in [3.63, 3.8) is 0 Å². The van der Waals surface area contributed by atoms with Crippen LogP contribution in [0, 0.1) is 0 Å². The summed E-state index contributed by atoms with van der Waals surface area (Å²) in [6.45, 7) is 0.160. The van der Waals surface area contributed by atoms with Crippen LogP contribution in [0.1, 0.15) is 11.7 Å². The zero-order valence-electron chi connectivity index (χ0n) is 15.7. The highest BCUT2D eigenvalue weighted by Crippen LogP contribution is 2.31. The molecule has 0 saturated heterocycles. The predicted molar refractivity (Wildman–Crippen MR) is 110 cm³/mol. The molecule has 3 aromatic rings. The lowest BCUT2D eigenvalue weighted by molar-refractivity contribution is -0.695. The summed E-state index contributed by atoms with van der Waals surface area (Å²) in [5, 5.41) is 3.47. The Morgan fingerprint density at radius 2 is 1.83 bits per heavy atom. The minimum atomic E-state index is -0.818. The summed E-state index contributed by atoms with van der Waals surface area (Å²) in [4.78, 5) is 27.8. The Balaban J connectivity index is 1.74. The van der Waals surface area contributed by atoms with Crippen molar-refractivity contribution in [1.82, 2.24) is 0 Å². The minimum absolute atomic E-state index is 0.160. The molecule has 1 N–H and O–H groups in total. The molecule has 4 rings (SSSR count). The van der Waals surface area contributed by atoms with Gasteiger partial charge in [-0.05, 0) is 48.5 Å². The highest BCUT2D eigenvalue weighted by Gasteiger charge is 2.43. The molecule has 1 atom stereocenters. The van der Waals surface area contributed by atoms with E-state index in [-0.39, 0.29) is 18.4 Å². The van der Waals surface area contributed by atoms with Gasteiger partial charge in [0.15, 0.2) is 6.20 Å². The first-order valence-corrected chi connectivity index (χ1v) is 9.45. The SMILES string of the molecule is COc1ccc(N2C(=O)C[n+]3ccccc3C2C(=O)Nc2ccc(Cl)cc2)cc1. The molecule has 0 radical (unpaired) electrons. The average Bonchev–Trinajstić information content (AvgIpc) is 2.74. The number of ether oxygens (including phenoxy) is 1. The Morgan fingerprint density at radius 3 is 2.52 bits per heavy atom. The summed E-state index contributed by atoms with van der Waals surface area (Å²) in [7, 11) is 1.58. The van der Waals surface area contributed by atoms with E-state index >= 15 is 0 Å². The molecule has 2 heterocycles. The maximum absolute atomic E-state index is 13.3. The quantitative estimate of drug-likeness (QED) is 0.673. The fraction of sp³-hybridized carbons (Fsp3) is 0.136. The van der Waals surface area contributed by atoms with Gasteiger partial charge < -0.3 is 10.1 Å². The van der Waals surface area contributed by atoms with Gasteiger partial charge in [0, 0.05) is 28.5 Å². The molecule has 146 valence electrons. The third kappa shape index (κ3) is 3.79. The zero-order valence-corrected chi connectivity index (χ0v) is 16.5. The first kappa shape index (κ1) is 19.0. The Hall–Kier alpha value is -3.38. The number of nitrogens with zero attached hydrogens (tertiary/aromatic N) is 2. The maximum Gasteiger partial charge on any atom is 0.294 e. The van der Waals surface area contributed by atoms with Crippen molar-refractivity contribution in [2.45, 2.75) is 12.6 Å². The zero-order chi connectivity index (χ0) is 20.4. The topological polar surface area (TPSA) is 62.5 Å². The molecule has 29 heavy (non-hydrogen) atoms. The summed E-state index contributed by atoms with van der Waals surface area (Å²) in [5.41, 5.74) is 1.96. The number of halogens is 1. The van der Waals surface area contributed by atoms with E-state index in [1.807, 2.05) is 18.2 Å². The van der Waals surface area contributed by atoms with E-state index in [0.29, 0.717) is 22.1 Å². The van der Waals surface area contributed by atoms with Crippen molar-refractivity contribution in [2.24, 2.45) is 0 Å². The van der Waals surface area contributed by atoms with E-state index in [2.05, 4.69) is 5.32 Å². The van der Waals surface area contributed by atoms with Crippen LogP contribution in [0.2, 0.25) is 5.02 Å². The fourth-order valence-corrected chi connectivity index (χ4v) is 3.54. The third-order valence-electron chi connectivity index (χ3n) is 4.80. The molecular formula is C22H19ClN3O3+. The first-order valence-electron chi connectivity index (χ1n) is 9.08. The van der Waals surface area contributed by atoms with Gasteiger partial charge in [0.05, 0.1) is 7.11 Å². The van der Waals surface area contributed by atoms with Gasteiger partial charge in [-0.15, -0.1) is 0 Å². The average molecular weight is 409 g/mol. The van der Waals surface area contributed by atoms with Gasteiger partial charge in [-0.25, -0.2) is 0 Å². The molecule has 0 aliphatic carbocycles. The molecular weight excluding hydrogens is 390 g/mol. The van der Waals surface area contributed by atoms with E-state index in [4.69, 9.17) is 16.3 Å². The lowest BCUT2D eigenvalue weighted by Crippen LogP contribution is -2.58. The van der Waals surface area contributed by atoms with Crippen molar-refractivity contribution < 1.29 is 18.9 Å². The van der Waals surface area contributed by atoms with Gasteiger partial charge >= 0.3 is 0 Å². The Labute approximate surface area is 173 Å². The van der Waals surface area contributed by atoms with Gasteiger partial charge in [-0.3, -0.25) is 14.5 Å². The molecule has 1 aliphatic rings. The van der Waals surface area contributed by atoms with Crippen molar-refractivity contribution >= 4 is 34.8 Å². The maximum atomic E-state index is 13.3. The number of pyridine rings is 1. The van der Waals surface area contributed by atoms with Crippen LogP contribution in [0.4, 0.5) is 11.4 Å². The first-order chi connectivity index (χ1) is 14.1. The number of benzene rings is 2. The number of hydrogen-bond acceptors (Lipinski definition) is 3. The molecule has 7 heteroatoms. The number of carbonyl (C=O) groups is 2. The van der Waals surface area contributed by atoms with Crippen LogP contribution in [0.15, 0.2) is 72.9 Å². The summed E-state index contributed by atoms with van der Waals surface area (Å²) < 4.78 is 7.00. The Bertz CT molecular complexity index is 1050. The standard InChI is InChI=1S/C22H18ClN3O3/c1-29-18-11-9-17(10-12-18)26-20(27)14-25-13-3-2-4-19(25)21(26)22(28)24-16-7-5-15(23)6-8-16/h2-13,21H,14H2,1H3/p+1. The fourth-order valence-electron chi connectivity index (χ4n) is 3.41. The molecule has 6 nitrogen and oxygen atoms in total. The van der Waals surface area contributed by atoms with Crippen molar-refractivity contribution in [3.05, 3.63) is 83.6 Å². The lowest BCUT2D eigenvalue weighted by atomic mass is 10.0. The van der Waals surface area contributed by atoms with Crippen LogP contribution in [-0.4, -0.2) is 18.9 Å². The van der Waals surface area contributed by atoms with E-state index in [1.54, 1.807) is 66.4 Å². The number of anilines is 2. The van der Waals surface area contributed by atoms with Crippen molar-refractivity contribution in [2.75, 3.05) is 17.3 Å². The van der Waals surface area contributed by atoms with E-state index < -0.39 is 6.04 Å². The molecule has 2 aromatic carbocycles. The van der Waals surface area contributed by atoms with Gasteiger partial charge in [0.25, 0.3) is 11.8 Å². The Morgan fingerprint density at radius 1 is 1.10 bits per heavy atom. The van der Waals surface area contributed by atoms with Crippen LogP contribution in [0.3, 0.4) is 0 Å². The van der Waals surface area contributed by atoms with Crippen LogP contribution in [-0.2, 0) is 16.1 Å². The minimum Gasteiger partial charge on any atom is -0.497 e. The molecule has 1 aliphatic heterocycles. The molecule has 0 spiro atoms. The second-order valence-corrected chi connectivity index (χ2v) is 7.05. The second-order valence-electron chi connectivity index (χ2n) is 6.61. The smallest absolute Gasteiger partial charge is 0.294 e. The number of hydrogen-bond donors (Lipinski definition) is 1. The van der Waals surface area contributed by atoms with Crippen LogP contribution in [0.5, 0.6) is 5.75 Å². The normalized spacial score (nSPS) is 15.6. The van der Waals surface area contributed by atoms with Crippen molar-refractivity contribution in [3.8, 4) is 5.75 Å². The van der Waals surface area contributed by atoms with E-state index in [0.717, 1.165) is 5.69 Å². The number of aromatic nitrogens is 1. The molecule has 1 aromatic heterocycles. The third-order valence-corrected chi connectivity index (χ3v) is 5.05. The summed E-state index contributed by atoms with van der Waals surface area (Å²) in [6, 6.07) is 18.7. The van der Waals surface area contributed by atoms with Crippen LogP contribution < -0.4 is 19.5 Å². The van der Waals surface area contributed by atoms with Crippen LogP contribution >= 0.6 is 11.6 Å². The van der Waals surface area contributed by atoms with Crippen molar-refractivity contribution in [1.29, 1.82) is 0 Å². The number of methoxy groups -OCH3 is 1. The van der Waals surface area contributed by atoms with E-state index in [1.165, 1.54) is 4.90 Å². The van der Waals surface area contributed by atoms with Crippen LogP contribution in [0.25, 0.3) is 0 Å². The number of nitrogens with one attached hydrogen (secondary N) is 1.